The first-order valence-electron chi connectivity index (χ1n) is 8.03. The second-order valence-electron chi connectivity index (χ2n) is 5.95. The molecule has 0 N–H and O–H groups in total. The fourth-order valence-corrected chi connectivity index (χ4v) is 3.23. The van der Waals surface area contributed by atoms with Crippen LogP contribution in [-0.2, 0) is 0 Å². The van der Waals surface area contributed by atoms with Gasteiger partial charge < -0.3 is 9.80 Å². The van der Waals surface area contributed by atoms with Crippen LogP contribution >= 0.6 is 11.6 Å². The molecule has 1 saturated heterocycles. The first-order chi connectivity index (χ1) is 12.5. The molecule has 4 rings (SSSR count). The van der Waals surface area contributed by atoms with E-state index in [4.69, 9.17) is 11.6 Å². The molecule has 1 aliphatic heterocycles. The number of hydrogen-bond acceptors (Lipinski definition) is 4. The van der Waals surface area contributed by atoms with Crippen molar-refractivity contribution in [3.63, 3.8) is 0 Å². The second kappa shape index (κ2) is 6.53. The average molecular weight is 378 g/mol. The number of rotatable bonds is 2. The van der Waals surface area contributed by atoms with E-state index in [-0.39, 0.29) is 5.56 Å². The summed E-state index contributed by atoms with van der Waals surface area (Å²) in [7, 11) is 0. The molecule has 1 amide bonds. The summed E-state index contributed by atoms with van der Waals surface area (Å²) in [6.45, 7) is 1.82. The van der Waals surface area contributed by atoms with Crippen molar-refractivity contribution in [1.82, 2.24) is 19.5 Å². The predicted octanol–water partition coefficient (Wildman–Crippen LogP) is 2.62. The number of halogens is 3. The van der Waals surface area contributed by atoms with Crippen LogP contribution in [0, 0.1) is 11.6 Å². The van der Waals surface area contributed by atoms with Gasteiger partial charge in [0.05, 0.1) is 10.6 Å². The van der Waals surface area contributed by atoms with Gasteiger partial charge in [-0.3, -0.25) is 9.20 Å². The Balaban J connectivity index is 1.50. The van der Waals surface area contributed by atoms with E-state index in [2.05, 4.69) is 10.2 Å². The van der Waals surface area contributed by atoms with Crippen molar-refractivity contribution in [3.05, 3.63) is 58.7 Å². The highest BCUT2D eigenvalue weighted by Gasteiger charge is 2.26. The maximum Gasteiger partial charge on any atom is 0.256 e. The molecule has 0 atom stereocenters. The average Bonchev–Trinajstić information content (AvgIpc) is 3.07. The molecule has 0 radical (unpaired) electrons. The number of carbonyl (C=O) groups is 1. The number of fused-ring (bicyclic) bond motifs is 1. The van der Waals surface area contributed by atoms with Crippen LogP contribution in [0.2, 0.25) is 5.02 Å². The Morgan fingerprint density at radius 2 is 1.85 bits per heavy atom. The molecule has 0 saturated carbocycles. The van der Waals surface area contributed by atoms with E-state index in [1.807, 2.05) is 11.1 Å². The molecular formula is C17H14ClF2N5O. The summed E-state index contributed by atoms with van der Waals surface area (Å²) in [5, 5.41) is 8.78. The molecule has 134 valence electrons. The van der Waals surface area contributed by atoms with Crippen molar-refractivity contribution in [2.45, 2.75) is 0 Å². The molecule has 1 fully saturated rings. The van der Waals surface area contributed by atoms with Gasteiger partial charge in [-0.1, -0.05) is 11.6 Å². The number of pyridine rings is 1. The Morgan fingerprint density at radius 3 is 2.58 bits per heavy atom. The van der Waals surface area contributed by atoms with Gasteiger partial charge in [-0.05, 0) is 24.3 Å². The molecule has 0 unspecified atom stereocenters. The molecule has 3 aromatic rings. The van der Waals surface area contributed by atoms with E-state index >= 15 is 0 Å². The Labute approximate surface area is 152 Å². The fraction of sp³-hybridized carbons (Fsp3) is 0.235. The van der Waals surface area contributed by atoms with Gasteiger partial charge >= 0.3 is 0 Å². The maximum atomic E-state index is 13.8. The Morgan fingerprint density at radius 1 is 1.08 bits per heavy atom. The number of carbonyl (C=O) groups excluding carboxylic acids is 1. The summed E-state index contributed by atoms with van der Waals surface area (Å²) in [6.07, 6.45) is 1.82. The molecule has 3 heterocycles. The number of aromatic nitrogens is 3. The Kier molecular flexibility index (Phi) is 4.20. The van der Waals surface area contributed by atoms with E-state index in [0.29, 0.717) is 42.8 Å². The lowest BCUT2D eigenvalue weighted by atomic mass is 10.1. The number of amides is 1. The van der Waals surface area contributed by atoms with Gasteiger partial charge in [-0.15, -0.1) is 10.2 Å². The fourth-order valence-electron chi connectivity index (χ4n) is 3.03. The summed E-state index contributed by atoms with van der Waals surface area (Å²) < 4.78 is 28.6. The molecule has 1 aromatic carbocycles. The van der Waals surface area contributed by atoms with Crippen LogP contribution in [0.25, 0.3) is 5.65 Å². The Bertz CT molecular complexity index is 984. The zero-order chi connectivity index (χ0) is 18.3. The second-order valence-corrected chi connectivity index (χ2v) is 6.36. The first-order valence-corrected chi connectivity index (χ1v) is 8.41. The van der Waals surface area contributed by atoms with Crippen LogP contribution < -0.4 is 4.90 Å². The molecule has 0 aliphatic carbocycles. The molecular weight excluding hydrogens is 364 g/mol. The van der Waals surface area contributed by atoms with Crippen LogP contribution in [0.5, 0.6) is 0 Å². The van der Waals surface area contributed by atoms with Crippen LogP contribution in [0.4, 0.5) is 14.7 Å². The smallest absolute Gasteiger partial charge is 0.256 e. The summed E-state index contributed by atoms with van der Waals surface area (Å²) in [6, 6.07) is 6.52. The molecule has 0 spiro atoms. The minimum absolute atomic E-state index is 0.125. The molecule has 26 heavy (non-hydrogen) atoms. The van der Waals surface area contributed by atoms with Crippen LogP contribution in [0.1, 0.15) is 10.4 Å². The SMILES string of the molecule is O=C(c1ccc(F)cc1F)N1CCN(c2nnc3c(Cl)cccn23)CC1. The lowest BCUT2D eigenvalue weighted by Gasteiger charge is -2.34. The van der Waals surface area contributed by atoms with Gasteiger partial charge in [-0.25, -0.2) is 8.78 Å². The van der Waals surface area contributed by atoms with E-state index < -0.39 is 17.5 Å². The Hall–Kier alpha value is -2.74. The van der Waals surface area contributed by atoms with Crippen molar-refractivity contribution in [2.24, 2.45) is 0 Å². The zero-order valence-corrected chi connectivity index (χ0v) is 14.3. The van der Waals surface area contributed by atoms with Gasteiger partial charge in [0.2, 0.25) is 5.95 Å². The molecule has 6 nitrogen and oxygen atoms in total. The zero-order valence-electron chi connectivity index (χ0n) is 13.6. The summed E-state index contributed by atoms with van der Waals surface area (Å²) in [5.41, 5.74) is 0.440. The van der Waals surface area contributed by atoms with E-state index in [9.17, 15) is 13.6 Å². The van der Waals surface area contributed by atoms with Crippen LogP contribution in [-0.4, -0.2) is 51.6 Å². The van der Waals surface area contributed by atoms with Gasteiger partial charge in [0.1, 0.15) is 11.6 Å². The third-order valence-corrected chi connectivity index (χ3v) is 4.68. The van der Waals surface area contributed by atoms with E-state index in [1.54, 1.807) is 21.4 Å². The van der Waals surface area contributed by atoms with Crippen molar-refractivity contribution in [1.29, 1.82) is 0 Å². The monoisotopic (exact) mass is 377 g/mol. The summed E-state index contributed by atoms with van der Waals surface area (Å²) >= 11 is 6.11. The third-order valence-electron chi connectivity index (χ3n) is 4.38. The van der Waals surface area contributed by atoms with E-state index in [0.717, 1.165) is 12.1 Å². The summed E-state index contributed by atoms with van der Waals surface area (Å²) in [4.78, 5) is 16.0. The standard InChI is InChI=1S/C17H14ClF2N5O/c18-13-2-1-5-25-15(13)21-22-17(25)24-8-6-23(7-9-24)16(26)12-4-3-11(19)10-14(12)20/h1-5,10H,6-9H2. The normalized spacial score (nSPS) is 14.9. The molecule has 2 aromatic heterocycles. The number of anilines is 1. The highest BCUT2D eigenvalue weighted by Crippen LogP contribution is 2.21. The number of nitrogens with zero attached hydrogens (tertiary/aromatic N) is 5. The molecule has 1 aliphatic rings. The van der Waals surface area contributed by atoms with Gasteiger partial charge in [0.25, 0.3) is 5.91 Å². The number of hydrogen-bond donors (Lipinski definition) is 0. The molecule has 9 heteroatoms. The number of piperazine rings is 1. The highest BCUT2D eigenvalue weighted by molar-refractivity contribution is 6.33. The van der Waals surface area contributed by atoms with Gasteiger partial charge in [-0.2, -0.15) is 0 Å². The lowest BCUT2D eigenvalue weighted by Crippen LogP contribution is -2.49. The third kappa shape index (κ3) is 2.86. The maximum absolute atomic E-state index is 13.8. The largest absolute Gasteiger partial charge is 0.337 e. The minimum atomic E-state index is -0.851. The van der Waals surface area contributed by atoms with Gasteiger partial charge in [0.15, 0.2) is 5.65 Å². The van der Waals surface area contributed by atoms with Crippen molar-refractivity contribution in [3.8, 4) is 0 Å². The van der Waals surface area contributed by atoms with E-state index in [1.165, 1.54) is 6.07 Å². The topological polar surface area (TPSA) is 53.7 Å². The van der Waals surface area contributed by atoms with Crippen LogP contribution in [0.15, 0.2) is 36.5 Å². The first kappa shape index (κ1) is 16.7. The van der Waals surface area contributed by atoms with Crippen molar-refractivity contribution >= 4 is 29.1 Å². The van der Waals surface area contributed by atoms with Gasteiger partial charge in [0, 0.05) is 38.4 Å². The molecule has 0 bridgehead atoms. The quantitative estimate of drug-likeness (QED) is 0.689. The summed E-state index contributed by atoms with van der Waals surface area (Å²) in [5.74, 6) is -1.37. The number of benzene rings is 1. The van der Waals surface area contributed by atoms with Crippen molar-refractivity contribution in [2.75, 3.05) is 31.1 Å². The minimum Gasteiger partial charge on any atom is -0.337 e. The van der Waals surface area contributed by atoms with Crippen molar-refractivity contribution < 1.29 is 13.6 Å². The van der Waals surface area contributed by atoms with Crippen LogP contribution in [0.3, 0.4) is 0 Å². The predicted molar refractivity (Wildman–Crippen MR) is 92.5 cm³/mol. The lowest BCUT2D eigenvalue weighted by molar-refractivity contribution is 0.0741. The highest BCUT2D eigenvalue weighted by atomic mass is 35.5.